The van der Waals surface area contributed by atoms with Gasteiger partial charge in [0.1, 0.15) is 41.5 Å². The third-order valence-electron chi connectivity index (χ3n) is 6.80. The number of thiazole rings is 1. The number of hydrogen-bond acceptors (Lipinski definition) is 17. The van der Waals surface area contributed by atoms with E-state index in [4.69, 9.17) is 24.8 Å². The van der Waals surface area contributed by atoms with Gasteiger partial charge in [-0.3, -0.25) is 19.3 Å². The van der Waals surface area contributed by atoms with E-state index in [1.807, 2.05) is 13.0 Å². The average Bonchev–Trinajstić information content (AvgIpc) is 3.65. The zero-order valence-electron chi connectivity index (χ0n) is 26.8. The Morgan fingerprint density at radius 3 is 2.62 bits per heavy atom. The minimum absolute atomic E-state index is 0.00676. The maximum absolute atomic E-state index is 13.6. The van der Waals surface area contributed by atoms with E-state index in [0.29, 0.717) is 33.6 Å². The largest absolute Gasteiger partial charge is 0.427 e. The summed E-state index contributed by atoms with van der Waals surface area (Å²) in [5.74, 6) is -1.23. The number of aromatic nitrogens is 5. The smallest absolute Gasteiger partial charge is 0.357 e. The number of nitrogens with zero attached hydrogens (tertiary/aromatic N) is 7. The lowest BCUT2D eigenvalue weighted by Crippen LogP contribution is -2.71. The molecule has 2 aliphatic rings. The number of nitrogen functional groups attached to an aromatic ring is 1. The number of fused-ring (bicyclic) bond motifs is 2. The van der Waals surface area contributed by atoms with Gasteiger partial charge >= 0.3 is 11.9 Å². The molecule has 3 aromatic rings. The van der Waals surface area contributed by atoms with Crippen LogP contribution in [0.5, 0.6) is 0 Å². The van der Waals surface area contributed by atoms with Crippen LogP contribution >= 0.6 is 34.9 Å². The van der Waals surface area contributed by atoms with Gasteiger partial charge in [-0.25, -0.2) is 14.8 Å². The number of carbonyl (C=O) groups excluding carboxylic acids is 4. The molecule has 0 saturated carbocycles. The molecule has 5 heterocycles. The Morgan fingerprint density at radius 2 is 1.96 bits per heavy atom. The molecule has 20 heteroatoms. The molecular formula is C28H33N9O8S3. The number of oxime groups is 1. The molecule has 5 rings (SSSR count). The first-order valence-electron chi connectivity index (χ1n) is 14.3. The van der Waals surface area contributed by atoms with Crippen LogP contribution in [0.1, 0.15) is 38.0 Å². The quantitative estimate of drug-likeness (QED) is 0.0516. The van der Waals surface area contributed by atoms with Gasteiger partial charge in [0, 0.05) is 29.7 Å². The highest BCUT2D eigenvalue weighted by Crippen LogP contribution is 2.42. The lowest BCUT2D eigenvalue weighted by Gasteiger charge is -2.49. The second-order valence-electron chi connectivity index (χ2n) is 11.4. The Morgan fingerprint density at radius 1 is 1.19 bits per heavy atom. The molecular weight excluding hydrogens is 687 g/mol. The van der Waals surface area contributed by atoms with Gasteiger partial charge in [0.2, 0.25) is 6.79 Å². The normalized spacial score (nSPS) is 18.0. The highest BCUT2D eigenvalue weighted by Gasteiger charge is 2.54. The molecule has 1 unspecified atom stereocenters. The molecule has 48 heavy (non-hydrogen) atoms. The van der Waals surface area contributed by atoms with Crippen LogP contribution in [-0.2, 0) is 44.8 Å². The number of hydrogen-bond donors (Lipinski definition) is 2. The van der Waals surface area contributed by atoms with Crippen molar-refractivity contribution in [1.82, 2.24) is 34.8 Å². The van der Waals surface area contributed by atoms with E-state index in [1.165, 1.54) is 35.5 Å². The Labute approximate surface area is 287 Å². The van der Waals surface area contributed by atoms with E-state index in [-0.39, 0.29) is 34.6 Å². The third-order valence-corrected chi connectivity index (χ3v) is 9.89. The molecule has 0 aromatic carbocycles. The molecule has 1 fully saturated rings. The van der Waals surface area contributed by atoms with Gasteiger partial charge < -0.3 is 30.1 Å². The number of rotatable bonds is 12. The minimum Gasteiger partial charge on any atom is -0.427 e. The third kappa shape index (κ3) is 7.40. The predicted octanol–water partition coefficient (Wildman–Crippen LogP) is 1.50. The fourth-order valence-electron chi connectivity index (χ4n) is 4.56. The summed E-state index contributed by atoms with van der Waals surface area (Å²) < 4.78 is 17.2. The number of esters is 2. The second-order valence-corrected chi connectivity index (χ2v) is 14.4. The standard InChI is InChI=1S/C28H33N9O8S3/c1-13-7-17(37-27(30-13)32-16(34-37)8-42-5)46-9-14-10-47-23-19(33-21(38)18(35-43-6)15-11-48-26(29)31-15)22(39)36(23)20(14)24(40)44-12-45-25(41)28(2,3)4/h7,11,19,23H,8-10,12H2,1-6H3,(H2,29,31)(H,33,38)/t19?,23-/m0/s1. The van der Waals surface area contributed by atoms with Crippen LogP contribution in [0.4, 0.5) is 5.13 Å². The molecule has 2 aliphatic heterocycles. The maximum atomic E-state index is 13.6. The van der Waals surface area contributed by atoms with E-state index < -0.39 is 47.4 Å². The van der Waals surface area contributed by atoms with Crippen LogP contribution in [0.3, 0.4) is 0 Å². The summed E-state index contributed by atoms with van der Waals surface area (Å²) in [6, 6.07) is 0.842. The van der Waals surface area contributed by atoms with E-state index >= 15 is 0 Å². The highest BCUT2D eigenvalue weighted by atomic mass is 32.2. The Bertz CT molecular complexity index is 1820. The number of anilines is 1. The number of nitrogens with two attached hydrogens (primary N) is 1. The van der Waals surface area contributed by atoms with Crippen molar-refractivity contribution in [2.75, 3.05) is 38.3 Å². The lowest BCUT2D eigenvalue weighted by atomic mass is 9.98. The number of thioether (sulfide) groups is 2. The number of nitrogens with one attached hydrogen (secondary N) is 1. The lowest BCUT2D eigenvalue weighted by molar-refractivity contribution is -0.173. The van der Waals surface area contributed by atoms with Crippen molar-refractivity contribution < 1.29 is 38.2 Å². The molecule has 3 N–H and O–H groups in total. The summed E-state index contributed by atoms with van der Waals surface area (Å²) in [4.78, 5) is 71.7. The molecule has 2 amide bonds. The van der Waals surface area contributed by atoms with Crippen molar-refractivity contribution in [3.8, 4) is 0 Å². The summed E-state index contributed by atoms with van der Waals surface area (Å²) >= 11 is 3.85. The summed E-state index contributed by atoms with van der Waals surface area (Å²) in [7, 11) is 2.82. The summed E-state index contributed by atoms with van der Waals surface area (Å²) in [6.07, 6.45) is 0. The summed E-state index contributed by atoms with van der Waals surface area (Å²) in [5, 5.41) is 12.8. The van der Waals surface area contributed by atoms with Gasteiger partial charge in [-0.15, -0.1) is 40.0 Å². The first-order valence-corrected chi connectivity index (χ1v) is 17.2. The van der Waals surface area contributed by atoms with Crippen molar-refractivity contribution in [1.29, 1.82) is 0 Å². The van der Waals surface area contributed by atoms with Crippen LogP contribution in [0.15, 0.2) is 32.9 Å². The number of methoxy groups -OCH3 is 1. The molecule has 0 aliphatic carbocycles. The molecule has 0 bridgehead atoms. The molecule has 256 valence electrons. The fourth-order valence-corrected chi connectivity index (χ4v) is 7.64. The van der Waals surface area contributed by atoms with Crippen LogP contribution in [0.25, 0.3) is 5.78 Å². The predicted molar refractivity (Wildman–Crippen MR) is 176 cm³/mol. The van der Waals surface area contributed by atoms with Gasteiger partial charge in [0.25, 0.3) is 17.6 Å². The molecule has 0 spiro atoms. The molecule has 0 radical (unpaired) electrons. The van der Waals surface area contributed by atoms with Crippen LogP contribution in [0, 0.1) is 12.3 Å². The Hall–Kier alpha value is -4.27. The summed E-state index contributed by atoms with van der Waals surface area (Å²) in [6.45, 7) is 6.40. The number of carbonyl (C=O) groups is 4. The van der Waals surface area contributed by atoms with Crippen molar-refractivity contribution in [2.45, 2.75) is 50.7 Å². The van der Waals surface area contributed by atoms with Crippen molar-refractivity contribution in [2.24, 2.45) is 10.6 Å². The van der Waals surface area contributed by atoms with Crippen LogP contribution in [0.2, 0.25) is 0 Å². The maximum Gasteiger partial charge on any atom is 0.357 e. The fraction of sp³-hybridized carbons (Fsp3) is 0.464. The van der Waals surface area contributed by atoms with E-state index in [9.17, 15) is 19.2 Å². The molecule has 3 aromatic heterocycles. The SMILES string of the molecule is COCc1nc2nc(C)cc(SCC3=C(C(=O)OCOC(=O)C(C)(C)C)N4C(=O)C(NC(=O)C(=NOC)c5csc(N)n5)[C@@H]4SC3)n2n1. The van der Waals surface area contributed by atoms with Crippen molar-refractivity contribution >= 4 is 75.2 Å². The van der Waals surface area contributed by atoms with Crippen molar-refractivity contribution in [3.05, 3.63) is 39.9 Å². The molecule has 2 atom stereocenters. The van der Waals surface area contributed by atoms with Gasteiger partial charge in [-0.2, -0.15) is 9.50 Å². The molecule has 17 nitrogen and oxygen atoms in total. The Kier molecular flexibility index (Phi) is 10.6. The monoisotopic (exact) mass is 719 g/mol. The van der Waals surface area contributed by atoms with Gasteiger partial charge in [0.15, 0.2) is 16.7 Å². The zero-order valence-corrected chi connectivity index (χ0v) is 29.3. The number of amides is 2. The molecule has 1 saturated heterocycles. The van der Waals surface area contributed by atoms with E-state index in [1.54, 1.807) is 37.8 Å². The zero-order chi connectivity index (χ0) is 34.7. The first-order chi connectivity index (χ1) is 22.8. The number of β-lactam (4-membered cyclic amide) rings is 1. The average molecular weight is 720 g/mol. The van der Waals surface area contributed by atoms with Crippen LogP contribution < -0.4 is 11.1 Å². The van der Waals surface area contributed by atoms with Gasteiger partial charge in [-0.1, -0.05) is 5.16 Å². The van der Waals surface area contributed by atoms with Gasteiger partial charge in [-0.05, 0) is 39.3 Å². The van der Waals surface area contributed by atoms with E-state index in [2.05, 4.69) is 30.5 Å². The second kappa shape index (κ2) is 14.5. The van der Waals surface area contributed by atoms with Gasteiger partial charge in [0.05, 0.1) is 5.41 Å². The first kappa shape index (κ1) is 35.0. The number of aryl methyl sites for hydroxylation is 1. The Balaban J connectivity index is 1.39. The minimum atomic E-state index is -0.993. The highest BCUT2D eigenvalue weighted by molar-refractivity contribution is 8.01. The summed E-state index contributed by atoms with van der Waals surface area (Å²) in [5.41, 5.74) is 6.24. The van der Waals surface area contributed by atoms with Crippen LogP contribution in [-0.4, -0.2) is 103 Å². The van der Waals surface area contributed by atoms with E-state index in [0.717, 1.165) is 11.3 Å². The number of ether oxygens (including phenoxy) is 3. The van der Waals surface area contributed by atoms with Crippen molar-refractivity contribution in [3.63, 3.8) is 0 Å². The topological polar surface area (TPSA) is 215 Å².